The molecule has 0 saturated carbocycles. The zero-order chi connectivity index (χ0) is 21.8. The fourth-order valence-corrected chi connectivity index (χ4v) is 4.02. The second-order valence-corrected chi connectivity index (χ2v) is 8.37. The van der Waals surface area contributed by atoms with Crippen molar-refractivity contribution in [3.8, 4) is 5.75 Å². The van der Waals surface area contributed by atoms with Crippen LogP contribution in [0.1, 0.15) is 48.2 Å². The van der Waals surface area contributed by atoms with Crippen LogP contribution in [0.25, 0.3) is 0 Å². The zero-order valence-corrected chi connectivity index (χ0v) is 18.5. The number of carbonyl (C=O) groups is 2. The number of hydrogen-bond donors (Lipinski definition) is 1. The van der Waals surface area contributed by atoms with Crippen molar-refractivity contribution in [2.45, 2.75) is 59.7 Å². The largest absolute Gasteiger partial charge is 0.496 e. The molecular formula is C24H31N3O3. The third-order valence-corrected chi connectivity index (χ3v) is 5.63. The summed E-state index contributed by atoms with van der Waals surface area (Å²) >= 11 is 0. The van der Waals surface area contributed by atoms with Gasteiger partial charge in [-0.15, -0.1) is 0 Å². The van der Waals surface area contributed by atoms with E-state index < -0.39 is 6.04 Å². The molecule has 30 heavy (non-hydrogen) atoms. The van der Waals surface area contributed by atoms with Crippen molar-refractivity contribution in [3.63, 3.8) is 0 Å². The molecule has 0 spiro atoms. The van der Waals surface area contributed by atoms with Gasteiger partial charge in [0, 0.05) is 36.7 Å². The van der Waals surface area contributed by atoms with Crippen molar-refractivity contribution < 1.29 is 14.3 Å². The van der Waals surface area contributed by atoms with Gasteiger partial charge in [-0.3, -0.25) is 14.6 Å². The van der Waals surface area contributed by atoms with Crippen molar-refractivity contribution in [2.75, 3.05) is 7.11 Å². The molecule has 1 atom stereocenters. The first-order valence-electron chi connectivity index (χ1n) is 10.4. The first-order valence-corrected chi connectivity index (χ1v) is 10.4. The SMILES string of the molecule is COc1c(C)cnc(CNC(=O)C2Cc3ccccc3CN2C(=O)CC(C)C)c1C. The summed E-state index contributed by atoms with van der Waals surface area (Å²) in [7, 11) is 1.63. The summed E-state index contributed by atoms with van der Waals surface area (Å²) in [5.74, 6) is 0.896. The number of methoxy groups -OCH3 is 1. The Morgan fingerprint density at radius 3 is 2.60 bits per heavy atom. The van der Waals surface area contributed by atoms with Crippen molar-refractivity contribution in [1.29, 1.82) is 0 Å². The molecule has 0 bridgehead atoms. The number of nitrogens with zero attached hydrogens (tertiary/aromatic N) is 2. The van der Waals surface area contributed by atoms with E-state index in [-0.39, 0.29) is 17.7 Å². The smallest absolute Gasteiger partial charge is 0.243 e. The number of amides is 2. The lowest BCUT2D eigenvalue weighted by molar-refractivity contribution is -0.142. The normalized spacial score (nSPS) is 15.7. The first-order chi connectivity index (χ1) is 14.3. The van der Waals surface area contributed by atoms with E-state index >= 15 is 0 Å². The van der Waals surface area contributed by atoms with E-state index in [9.17, 15) is 9.59 Å². The molecule has 160 valence electrons. The number of hydrogen-bond acceptors (Lipinski definition) is 4. The number of aryl methyl sites for hydroxylation is 1. The van der Waals surface area contributed by atoms with Gasteiger partial charge in [-0.2, -0.15) is 0 Å². The Labute approximate surface area is 178 Å². The van der Waals surface area contributed by atoms with Crippen molar-refractivity contribution in [3.05, 3.63) is 58.4 Å². The number of rotatable bonds is 6. The molecule has 1 aliphatic heterocycles. The molecule has 1 N–H and O–H groups in total. The fraction of sp³-hybridized carbons (Fsp3) is 0.458. The average molecular weight is 410 g/mol. The Hall–Kier alpha value is -2.89. The maximum absolute atomic E-state index is 13.2. The Kier molecular flexibility index (Phi) is 6.75. The number of aromatic nitrogens is 1. The van der Waals surface area contributed by atoms with E-state index in [1.165, 1.54) is 0 Å². The van der Waals surface area contributed by atoms with Crippen LogP contribution < -0.4 is 10.1 Å². The van der Waals surface area contributed by atoms with Gasteiger partial charge in [0.05, 0.1) is 19.3 Å². The molecule has 1 aliphatic rings. The summed E-state index contributed by atoms with van der Waals surface area (Å²) in [5, 5.41) is 3.00. The Morgan fingerprint density at radius 1 is 1.23 bits per heavy atom. The summed E-state index contributed by atoms with van der Waals surface area (Å²) in [4.78, 5) is 32.2. The van der Waals surface area contributed by atoms with Gasteiger partial charge in [0.1, 0.15) is 11.8 Å². The minimum absolute atomic E-state index is 0.0194. The van der Waals surface area contributed by atoms with Gasteiger partial charge in [-0.1, -0.05) is 38.1 Å². The van der Waals surface area contributed by atoms with Gasteiger partial charge >= 0.3 is 0 Å². The van der Waals surface area contributed by atoms with Crippen LogP contribution in [0.2, 0.25) is 0 Å². The first kappa shape index (κ1) is 21.8. The van der Waals surface area contributed by atoms with Gasteiger partial charge in [0.15, 0.2) is 0 Å². The second kappa shape index (κ2) is 9.28. The lowest BCUT2D eigenvalue weighted by Gasteiger charge is -2.36. The van der Waals surface area contributed by atoms with E-state index in [1.54, 1.807) is 18.2 Å². The fourth-order valence-electron chi connectivity index (χ4n) is 4.02. The molecule has 0 radical (unpaired) electrons. The van der Waals surface area contributed by atoms with Gasteiger partial charge < -0.3 is 15.0 Å². The molecule has 0 saturated heterocycles. The average Bonchev–Trinajstić information content (AvgIpc) is 2.72. The van der Waals surface area contributed by atoms with E-state index in [1.807, 2.05) is 52.0 Å². The van der Waals surface area contributed by atoms with Crippen molar-refractivity contribution in [2.24, 2.45) is 5.92 Å². The monoisotopic (exact) mass is 409 g/mol. The summed E-state index contributed by atoms with van der Waals surface area (Å²) in [6.45, 7) is 8.68. The van der Waals surface area contributed by atoms with Gasteiger partial charge in [0.2, 0.25) is 11.8 Å². The maximum atomic E-state index is 13.2. The predicted molar refractivity (Wildman–Crippen MR) is 116 cm³/mol. The third kappa shape index (κ3) is 4.64. The number of carbonyl (C=O) groups excluding carboxylic acids is 2. The molecule has 3 rings (SSSR count). The van der Waals surface area contributed by atoms with Crippen LogP contribution in [0.3, 0.4) is 0 Å². The van der Waals surface area contributed by atoms with Crippen LogP contribution in [-0.2, 0) is 29.1 Å². The minimum Gasteiger partial charge on any atom is -0.496 e. The summed E-state index contributed by atoms with van der Waals surface area (Å²) in [5.41, 5.74) is 4.87. The zero-order valence-electron chi connectivity index (χ0n) is 18.5. The van der Waals surface area contributed by atoms with Gasteiger partial charge in [-0.25, -0.2) is 0 Å². The Bertz CT molecular complexity index is 939. The lowest BCUT2D eigenvalue weighted by Crippen LogP contribution is -2.52. The van der Waals surface area contributed by atoms with E-state index in [4.69, 9.17) is 4.74 Å². The quantitative estimate of drug-likeness (QED) is 0.794. The summed E-state index contributed by atoms with van der Waals surface area (Å²) in [6, 6.07) is 7.51. The molecule has 2 amide bonds. The van der Waals surface area contributed by atoms with E-state index in [0.717, 1.165) is 33.7 Å². The third-order valence-electron chi connectivity index (χ3n) is 5.63. The summed E-state index contributed by atoms with van der Waals surface area (Å²) < 4.78 is 5.46. The standard InChI is InChI=1S/C24H31N3O3/c1-15(2)10-22(28)27-14-19-9-7-6-8-18(19)11-21(27)24(29)26-13-20-17(4)23(30-5)16(3)12-25-20/h6-9,12,15,21H,10-11,13-14H2,1-5H3,(H,26,29). The van der Waals surface area contributed by atoms with Crippen LogP contribution >= 0.6 is 0 Å². The van der Waals surface area contributed by atoms with Crippen LogP contribution in [0.4, 0.5) is 0 Å². The van der Waals surface area contributed by atoms with Crippen molar-refractivity contribution in [1.82, 2.24) is 15.2 Å². The predicted octanol–water partition coefficient (Wildman–Crippen LogP) is 3.32. The van der Waals surface area contributed by atoms with Gasteiger partial charge in [-0.05, 0) is 30.9 Å². The minimum atomic E-state index is -0.515. The molecule has 1 aromatic carbocycles. The highest BCUT2D eigenvalue weighted by atomic mass is 16.5. The number of ether oxygens (including phenoxy) is 1. The molecule has 0 fully saturated rings. The number of pyridine rings is 1. The second-order valence-electron chi connectivity index (χ2n) is 8.37. The highest BCUT2D eigenvalue weighted by molar-refractivity contribution is 5.88. The summed E-state index contributed by atoms with van der Waals surface area (Å²) in [6.07, 6.45) is 2.71. The highest BCUT2D eigenvalue weighted by Gasteiger charge is 2.34. The Balaban J connectivity index is 1.79. The molecule has 6 heteroatoms. The van der Waals surface area contributed by atoms with Crippen LogP contribution in [-0.4, -0.2) is 34.8 Å². The highest BCUT2D eigenvalue weighted by Crippen LogP contribution is 2.26. The van der Waals surface area contributed by atoms with Crippen LogP contribution in [0, 0.1) is 19.8 Å². The molecule has 1 aromatic heterocycles. The van der Waals surface area contributed by atoms with Crippen LogP contribution in [0.15, 0.2) is 30.5 Å². The number of fused-ring (bicyclic) bond motifs is 1. The van der Waals surface area contributed by atoms with E-state index in [2.05, 4.69) is 10.3 Å². The Morgan fingerprint density at radius 2 is 1.93 bits per heavy atom. The van der Waals surface area contributed by atoms with Gasteiger partial charge in [0.25, 0.3) is 0 Å². The van der Waals surface area contributed by atoms with E-state index in [0.29, 0.717) is 25.9 Å². The topological polar surface area (TPSA) is 71.5 Å². The van der Waals surface area contributed by atoms with Crippen molar-refractivity contribution >= 4 is 11.8 Å². The molecule has 2 aromatic rings. The molecule has 2 heterocycles. The lowest BCUT2D eigenvalue weighted by atomic mass is 9.92. The number of benzene rings is 1. The molecular weight excluding hydrogens is 378 g/mol. The molecule has 0 aliphatic carbocycles. The maximum Gasteiger partial charge on any atom is 0.243 e. The van der Waals surface area contributed by atoms with Crippen LogP contribution in [0.5, 0.6) is 5.75 Å². The molecule has 6 nitrogen and oxygen atoms in total. The number of nitrogens with one attached hydrogen (secondary N) is 1. The molecule has 1 unspecified atom stereocenters.